The van der Waals surface area contributed by atoms with Gasteiger partial charge in [-0.1, -0.05) is 11.6 Å². The molecule has 0 radical (unpaired) electrons. The van der Waals surface area contributed by atoms with Crippen LogP contribution >= 0.6 is 11.6 Å². The van der Waals surface area contributed by atoms with Gasteiger partial charge in [0.05, 0.1) is 12.7 Å². The molecule has 2 aromatic carbocycles. The summed E-state index contributed by atoms with van der Waals surface area (Å²) in [6, 6.07) is 9.10. The number of methoxy groups -OCH3 is 1. The molecule has 106 valence electrons. The highest BCUT2D eigenvalue weighted by molar-refractivity contribution is 6.31. The zero-order valence-electron chi connectivity index (χ0n) is 11.1. The minimum atomic E-state index is -0.358. The molecule has 1 N–H and O–H groups in total. The van der Waals surface area contributed by atoms with Crippen molar-refractivity contribution in [2.45, 2.75) is 0 Å². The second-order valence-corrected chi connectivity index (χ2v) is 5.00. The first-order chi connectivity index (χ1) is 10.1. The first kappa shape index (κ1) is 13.6. The van der Waals surface area contributed by atoms with Crippen LogP contribution in [-0.2, 0) is 0 Å². The van der Waals surface area contributed by atoms with Gasteiger partial charge >= 0.3 is 0 Å². The van der Waals surface area contributed by atoms with Crippen LogP contribution in [0.5, 0.6) is 5.75 Å². The Hall–Kier alpha value is -2.33. The van der Waals surface area contributed by atoms with Crippen LogP contribution in [0.25, 0.3) is 10.9 Å². The van der Waals surface area contributed by atoms with Crippen LogP contribution in [0.3, 0.4) is 0 Å². The van der Waals surface area contributed by atoms with E-state index in [9.17, 15) is 9.18 Å². The molecule has 3 rings (SSSR count). The summed E-state index contributed by atoms with van der Waals surface area (Å²) in [4.78, 5) is 15.6. The van der Waals surface area contributed by atoms with E-state index in [1.165, 1.54) is 19.2 Å². The third-order valence-corrected chi connectivity index (χ3v) is 3.53. The molecule has 0 saturated carbocycles. The molecule has 0 atom stereocenters. The van der Waals surface area contributed by atoms with E-state index in [-0.39, 0.29) is 11.6 Å². The number of benzene rings is 2. The van der Waals surface area contributed by atoms with Gasteiger partial charge in [-0.3, -0.25) is 4.79 Å². The SMILES string of the molecule is COc1ccc(Cl)cc1C(=O)c1c[nH]c2cc(F)ccc12. The third-order valence-electron chi connectivity index (χ3n) is 3.29. The average molecular weight is 304 g/mol. The molecule has 3 nitrogen and oxygen atoms in total. The molecule has 0 saturated heterocycles. The number of rotatable bonds is 3. The van der Waals surface area contributed by atoms with Gasteiger partial charge in [0.15, 0.2) is 5.78 Å². The Morgan fingerprint density at radius 1 is 1.19 bits per heavy atom. The zero-order valence-corrected chi connectivity index (χ0v) is 11.9. The number of hydrogen-bond donors (Lipinski definition) is 1. The summed E-state index contributed by atoms with van der Waals surface area (Å²) in [5.41, 5.74) is 1.39. The summed E-state index contributed by atoms with van der Waals surface area (Å²) in [7, 11) is 1.49. The van der Waals surface area contributed by atoms with E-state index in [1.54, 1.807) is 30.5 Å². The molecule has 0 spiro atoms. The van der Waals surface area contributed by atoms with E-state index in [0.717, 1.165) is 0 Å². The molecule has 0 aliphatic carbocycles. The van der Waals surface area contributed by atoms with Crippen molar-refractivity contribution >= 4 is 28.3 Å². The number of hydrogen-bond acceptors (Lipinski definition) is 2. The van der Waals surface area contributed by atoms with Gasteiger partial charge in [0.1, 0.15) is 11.6 Å². The molecule has 1 heterocycles. The highest BCUT2D eigenvalue weighted by atomic mass is 35.5. The number of ether oxygens (including phenoxy) is 1. The minimum Gasteiger partial charge on any atom is -0.496 e. The van der Waals surface area contributed by atoms with Gasteiger partial charge in [-0.25, -0.2) is 4.39 Å². The van der Waals surface area contributed by atoms with Crippen molar-refractivity contribution in [3.8, 4) is 5.75 Å². The van der Waals surface area contributed by atoms with Gasteiger partial charge < -0.3 is 9.72 Å². The van der Waals surface area contributed by atoms with E-state index in [1.807, 2.05) is 0 Å². The number of ketones is 1. The van der Waals surface area contributed by atoms with Crippen molar-refractivity contribution in [1.29, 1.82) is 0 Å². The highest BCUT2D eigenvalue weighted by Crippen LogP contribution is 2.28. The lowest BCUT2D eigenvalue weighted by Gasteiger charge is -2.07. The van der Waals surface area contributed by atoms with Crippen LogP contribution in [0.1, 0.15) is 15.9 Å². The maximum Gasteiger partial charge on any atom is 0.198 e. The van der Waals surface area contributed by atoms with E-state index in [0.29, 0.717) is 32.8 Å². The van der Waals surface area contributed by atoms with Crippen molar-refractivity contribution in [1.82, 2.24) is 4.98 Å². The standard InChI is InChI=1S/C16H11ClFNO2/c1-21-15-5-2-9(17)6-12(15)16(20)13-8-19-14-7-10(18)3-4-11(13)14/h2-8,19H,1H3. The van der Waals surface area contributed by atoms with Crippen molar-refractivity contribution < 1.29 is 13.9 Å². The smallest absolute Gasteiger partial charge is 0.198 e. The van der Waals surface area contributed by atoms with E-state index in [2.05, 4.69) is 4.98 Å². The maximum atomic E-state index is 13.2. The topological polar surface area (TPSA) is 42.1 Å². The molecule has 21 heavy (non-hydrogen) atoms. The fourth-order valence-electron chi connectivity index (χ4n) is 2.29. The number of aromatic amines is 1. The lowest BCUT2D eigenvalue weighted by molar-refractivity contribution is 0.103. The van der Waals surface area contributed by atoms with Crippen LogP contribution in [-0.4, -0.2) is 17.9 Å². The van der Waals surface area contributed by atoms with Crippen LogP contribution in [0.15, 0.2) is 42.6 Å². The van der Waals surface area contributed by atoms with E-state index >= 15 is 0 Å². The molecule has 0 fully saturated rings. The molecule has 0 amide bonds. The average Bonchev–Trinajstić information content (AvgIpc) is 2.89. The lowest BCUT2D eigenvalue weighted by atomic mass is 10.0. The molecule has 0 unspecified atom stereocenters. The molecule has 5 heteroatoms. The summed E-state index contributed by atoms with van der Waals surface area (Å²) in [5.74, 6) is -0.142. The minimum absolute atomic E-state index is 0.229. The second-order valence-electron chi connectivity index (χ2n) is 4.57. The number of halogens is 2. The van der Waals surface area contributed by atoms with E-state index in [4.69, 9.17) is 16.3 Å². The number of H-pyrrole nitrogens is 1. The van der Waals surface area contributed by atoms with Gasteiger partial charge in [0, 0.05) is 27.7 Å². The number of carbonyl (C=O) groups is 1. The van der Waals surface area contributed by atoms with Gasteiger partial charge in [-0.15, -0.1) is 0 Å². The number of aromatic nitrogens is 1. The summed E-state index contributed by atoms with van der Waals surface area (Å²) in [5, 5.41) is 1.11. The number of nitrogens with one attached hydrogen (secondary N) is 1. The summed E-state index contributed by atoms with van der Waals surface area (Å²) in [6.45, 7) is 0. The predicted octanol–water partition coefficient (Wildman–Crippen LogP) is 4.20. The molecule has 0 aliphatic heterocycles. The second kappa shape index (κ2) is 5.22. The van der Waals surface area contributed by atoms with Crippen LogP contribution in [0.2, 0.25) is 5.02 Å². The van der Waals surface area contributed by atoms with Crippen LogP contribution in [0, 0.1) is 5.82 Å². The molecular formula is C16H11ClFNO2. The molecular weight excluding hydrogens is 293 g/mol. The van der Waals surface area contributed by atoms with Crippen LogP contribution in [0.4, 0.5) is 4.39 Å². The Bertz CT molecular complexity index is 841. The molecule has 3 aromatic rings. The fraction of sp³-hybridized carbons (Fsp3) is 0.0625. The lowest BCUT2D eigenvalue weighted by Crippen LogP contribution is -2.03. The van der Waals surface area contributed by atoms with Crippen molar-refractivity contribution in [3.63, 3.8) is 0 Å². The Morgan fingerprint density at radius 2 is 2.00 bits per heavy atom. The first-order valence-corrected chi connectivity index (χ1v) is 6.63. The Morgan fingerprint density at radius 3 is 2.76 bits per heavy atom. The third kappa shape index (κ3) is 2.38. The largest absolute Gasteiger partial charge is 0.496 e. The number of fused-ring (bicyclic) bond motifs is 1. The van der Waals surface area contributed by atoms with Gasteiger partial charge in [-0.2, -0.15) is 0 Å². The van der Waals surface area contributed by atoms with Crippen molar-refractivity contribution in [2.24, 2.45) is 0 Å². The normalized spacial score (nSPS) is 10.8. The summed E-state index contributed by atoms with van der Waals surface area (Å²) in [6.07, 6.45) is 1.56. The summed E-state index contributed by atoms with van der Waals surface area (Å²) >= 11 is 5.95. The van der Waals surface area contributed by atoms with Gasteiger partial charge in [0.2, 0.25) is 0 Å². The Labute approximate surface area is 125 Å². The molecule has 0 bridgehead atoms. The van der Waals surface area contributed by atoms with E-state index < -0.39 is 0 Å². The molecule has 0 aliphatic rings. The van der Waals surface area contributed by atoms with Crippen molar-refractivity contribution in [3.05, 3.63) is 64.6 Å². The zero-order chi connectivity index (χ0) is 15.0. The van der Waals surface area contributed by atoms with Gasteiger partial charge in [-0.05, 0) is 36.4 Å². The van der Waals surface area contributed by atoms with Gasteiger partial charge in [0.25, 0.3) is 0 Å². The fourth-order valence-corrected chi connectivity index (χ4v) is 2.46. The van der Waals surface area contributed by atoms with Crippen molar-refractivity contribution in [2.75, 3.05) is 7.11 Å². The van der Waals surface area contributed by atoms with Crippen LogP contribution < -0.4 is 4.74 Å². The Balaban J connectivity index is 2.15. The quantitative estimate of drug-likeness (QED) is 0.737. The first-order valence-electron chi connectivity index (χ1n) is 6.25. The highest BCUT2D eigenvalue weighted by Gasteiger charge is 2.18. The molecule has 1 aromatic heterocycles. The Kier molecular flexibility index (Phi) is 3.39. The predicted molar refractivity (Wildman–Crippen MR) is 79.7 cm³/mol. The maximum absolute atomic E-state index is 13.2. The monoisotopic (exact) mass is 303 g/mol. The summed E-state index contributed by atoms with van der Waals surface area (Å²) < 4.78 is 18.4. The number of carbonyl (C=O) groups excluding carboxylic acids is 1.